The van der Waals surface area contributed by atoms with Crippen molar-refractivity contribution in [1.82, 2.24) is 9.80 Å². The molecule has 2 aliphatic rings. The summed E-state index contributed by atoms with van der Waals surface area (Å²) in [5, 5.41) is 0. The van der Waals surface area contributed by atoms with Crippen molar-refractivity contribution in [2.24, 2.45) is 0 Å². The molecule has 0 radical (unpaired) electrons. The van der Waals surface area contributed by atoms with E-state index >= 15 is 0 Å². The highest BCUT2D eigenvalue weighted by Gasteiger charge is 2.50. The number of benzene rings is 1. The molecule has 0 N–H and O–H groups in total. The summed E-state index contributed by atoms with van der Waals surface area (Å²) >= 11 is 0. The van der Waals surface area contributed by atoms with Gasteiger partial charge in [0.25, 0.3) is 5.91 Å². The van der Waals surface area contributed by atoms with E-state index in [9.17, 15) is 27.2 Å². The van der Waals surface area contributed by atoms with Crippen molar-refractivity contribution in [3.8, 4) is 5.75 Å². The van der Waals surface area contributed by atoms with E-state index in [0.717, 1.165) is 6.07 Å². The molecule has 0 aromatic heterocycles. The summed E-state index contributed by atoms with van der Waals surface area (Å²) in [4.78, 5) is 27.0. The summed E-state index contributed by atoms with van der Waals surface area (Å²) in [7, 11) is 1.57. The lowest BCUT2D eigenvalue weighted by Gasteiger charge is -2.23. The molecule has 1 aromatic rings. The fourth-order valence-electron chi connectivity index (χ4n) is 3.12. The standard InChI is InChI=1S/C16H16F4N2O4/c1-21-8-15(26-14(21)24)6-7-22(9-15)12(23)10-4-2-3-5-11(10)25-16(19,20)13(17)18/h2-5,13H,6-9H2,1H3/t15-/m0/s1. The molecule has 1 atom stereocenters. The number of halogens is 4. The summed E-state index contributed by atoms with van der Waals surface area (Å²) in [5.41, 5.74) is -1.10. The van der Waals surface area contributed by atoms with Crippen LogP contribution in [0.5, 0.6) is 5.75 Å². The van der Waals surface area contributed by atoms with Crippen LogP contribution in [0.3, 0.4) is 0 Å². The van der Waals surface area contributed by atoms with Gasteiger partial charge in [-0.2, -0.15) is 17.6 Å². The molecule has 2 saturated heterocycles. The highest BCUT2D eigenvalue weighted by Crippen LogP contribution is 2.35. The monoisotopic (exact) mass is 376 g/mol. The van der Waals surface area contributed by atoms with E-state index in [-0.39, 0.29) is 18.7 Å². The summed E-state index contributed by atoms with van der Waals surface area (Å²) in [6.45, 7) is 0.623. The van der Waals surface area contributed by atoms with Crippen LogP contribution < -0.4 is 4.74 Å². The molecular formula is C16H16F4N2O4. The van der Waals surface area contributed by atoms with E-state index in [1.165, 1.54) is 28.0 Å². The maximum absolute atomic E-state index is 13.2. The van der Waals surface area contributed by atoms with Crippen LogP contribution in [0.15, 0.2) is 24.3 Å². The number of amides is 2. The minimum absolute atomic E-state index is 0.0848. The Labute approximate surface area is 146 Å². The van der Waals surface area contributed by atoms with Crippen LogP contribution in [-0.4, -0.2) is 66.6 Å². The summed E-state index contributed by atoms with van der Waals surface area (Å²) < 4.78 is 60.6. The number of nitrogens with zero attached hydrogens (tertiary/aromatic N) is 2. The van der Waals surface area contributed by atoms with Crippen LogP contribution in [0.1, 0.15) is 16.8 Å². The second kappa shape index (κ2) is 6.33. The first kappa shape index (κ1) is 18.3. The maximum atomic E-state index is 13.2. The van der Waals surface area contributed by atoms with Crippen LogP contribution in [-0.2, 0) is 4.74 Å². The van der Waals surface area contributed by atoms with Gasteiger partial charge >= 0.3 is 18.6 Å². The Balaban J connectivity index is 1.78. The van der Waals surface area contributed by atoms with E-state index in [1.54, 1.807) is 7.05 Å². The third-order valence-electron chi connectivity index (χ3n) is 4.36. The predicted octanol–water partition coefficient (Wildman–Crippen LogP) is 2.59. The first-order valence-corrected chi connectivity index (χ1v) is 7.81. The first-order chi connectivity index (χ1) is 12.1. The van der Waals surface area contributed by atoms with Gasteiger partial charge in [0.15, 0.2) is 5.60 Å². The van der Waals surface area contributed by atoms with Crippen molar-refractivity contribution < 1.29 is 36.6 Å². The number of rotatable bonds is 4. The molecule has 2 fully saturated rings. The second-order valence-corrected chi connectivity index (χ2v) is 6.34. The number of carbonyl (C=O) groups is 2. The highest BCUT2D eigenvalue weighted by atomic mass is 19.3. The van der Waals surface area contributed by atoms with Gasteiger partial charge in [-0.25, -0.2) is 4.79 Å². The molecule has 6 nitrogen and oxygen atoms in total. The van der Waals surface area contributed by atoms with Gasteiger partial charge in [0.05, 0.1) is 18.7 Å². The quantitative estimate of drug-likeness (QED) is 0.758. The zero-order valence-electron chi connectivity index (χ0n) is 13.8. The number of para-hydroxylation sites is 1. The second-order valence-electron chi connectivity index (χ2n) is 6.34. The van der Waals surface area contributed by atoms with Crippen molar-refractivity contribution in [2.75, 3.05) is 26.7 Å². The highest BCUT2D eigenvalue weighted by molar-refractivity contribution is 5.97. The Morgan fingerprint density at radius 3 is 2.62 bits per heavy atom. The molecule has 2 heterocycles. The minimum atomic E-state index is -4.72. The molecule has 10 heteroatoms. The smallest absolute Gasteiger partial charge is 0.439 e. The Bertz CT molecular complexity index is 730. The van der Waals surface area contributed by atoms with E-state index < -0.39 is 35.9 Å². The van der Waals surface area contributed by atoms with Crippen molar-refractivity contribution in [2.45, 2.75) is 24.6 Å². The number of likely N-dealkylation sites (N-methyl/N-ethyl adjacent to an activating group) is 1. The number of hydrogen-bond acceptors (Lipinski definition) is 4. The normalized spacial score (nSPS) is 23.1. The lowest BCUT2D eigenvalue weighted by Crippen LogP contribution is -2.39. The van der Waals surface area contributed by atoms with Gasteiger partial charge in [0, 0.05) is 20.0 Å². The summed E-state index contributed by atoms with van der Waals surface area (Å²) in [6.07, 6.45) is -8.86. The van der Waals surface area contributed by atoms with Crippen LogP contribution in [0.25, 0.3) is 0 Å². The topological polar surface area (TPSA) is 59.1 Å². The van der Waals surface area contributed by atoms with Crippen LogP contribution >= 0.6 is 0 Å². The van der Waals surface area contributed by atoms with E-state index in [1.807, 2.05) is 0 Å². The molecule has 2 aliphatic heterocycles. The third kappa shape index (κ3) is 3.27. The fourth-order valence-corrected chi connectivity index (χ4v) is 3.12. The largest absolute Gasteiger partial charge is 0.461 e. The van der Waals surface area contributed by atoms with Crippen LogP contribution in [0.2, 0.25) is 0 Å². The lowest BCUT2D eigenvalue weighted by molar-refractivity contribution is -0.253. The summed E-state index contributed by atoms with van der Waals surface area (Å²) in [6, 6.07) is 4.96. The van der Waals surface area contributed by atoms with Crippen LogP contribution in [0.4, 0.5) is 22.4 Å². The molecule has 0 saturated carbocycles. The van der Waals surface area contributed by atoms with Crippen molar-refractivity contribution in [3.63, 3.8) is 0 Å². The Hall–Kier alpha value is -2.52. The molecule has 0 aliphatic carbocycles. The average molecular weight is 376 g/mol. The number of likely N-dealkylation sites (tertiary alicyclic amines) is 1. The SMILES string of the molecule is CN1C[C@]2(CCN(C(=O)c3ccccc3OC(F)(F)C(F)F)C2)OC1=O. The Kier molecular flexibility index (Phi) is 4.45. The van der Waals surface area contributed by atoms with Gasteiger partial charge in [-0.1, -0.05) is 12.1 Å². The van der Waals surface area contributed by atoms with E-state index in [0.29, 0.717) is 13.0 Å². The molecule has 3 rings (SSSR count). The molecule has 26 heavy (non-hydrogen) atoms. The average Bonchev–Trinajstić information content (AvgIpc) is 3.09. The zero-order valence-corrected chi connectivity index (χ0v) is 13.8. The lowest BCUT2D eigenvalue weighted by atomic mass is 10.0. The molecule has 1 spiro atoms. The van der Waals surface area contributed by atoms with Gasteiger partial charge in [-0.15, -0.1) is 0 Å². The molecule has 142 valence electrons. The van der Waals surface area contributed by atoms with Gasteiger partial charge in [0.2, 0.25) is 0 Å². The molecule has 1 aromatic carbocycles. The van der Waals surface area contributed by atoms with Crippen molar-refractivity contribution in [1.29, 1.82) is 0 Å². The molecule has 2 amide bonds. The van der Waals surface area contributed by atoms with Crippen molar-refractivity contribution in [3.05, 3.63) is 29.8 Å². The first-order valence-electron chi connectivity index (χ1n) is 7.81. The fraction of sp³-hybridized carbons (Fsp3) is 0.500. The number of alkyl halides is 4. The van der Waals surface area contributed by atoms with Crippen LogP contribution in [0, 0.1) is 0 Å². The van der Waals surface area contributed by atoms with E-state index in [4.69, 9.17) is 4.74 Å². The Morgan fingerprint density at radius 1 is 1.31 bits per heavy atom. The third-order valence-corrected chi connectivity index (χ3v) is 4.36. The van der Waals surface area contributed by atoms with Gasteiger partial charge in [-0.05, 0) is 12.1 Å². The minimum Gasteiger partial charge on any atom is -0.439 e. The predicted molar refractivity (Wildman–Crippen MR) is 80.4 cm³/mol. The Morgan fingerprint density at radius 2 is 2.00 bits per heavy atom. The number of hydrogen-bond donors (Lipinski definition) is 0. The maximum Gasteiger partial charge on any atom is 0.461 e. The molecule has 0 unspecified atom stereocenters. The summed E-state index contributed by atoms with van der Waals surface area (Å²) in [5.74, 6) is -1.29. The van der Waals surface area contributed by atoms with Gasteiger partial charge < -0.3 is 19.3 Å². The number of carbonyl (C=O) groups excluding carboxylic acids is 2. The molecule has 0 bridgehead atoms. The van der Waals surface area contributed by atoms with Gasteiger partial charge in [0.1, 0.15) is 5.75 Å². The van der Waals surface area contributed by atoms with E-state index in [2.05, 4.69) is 4.74 Å². The van der Waals surface area contributed by atoms with Gasteiger partial charge in [-0.3, -0.25) is 4.79 Å². The molecular weight excluding hydrogens is 360 g/mol. The van der Waals surface area contributed by atoms with Crippen molar-refractivity contribution >= 4 is 12.0 Å². The zero-order chi connectivity index (χ0) is 19.1. The number of ether oxygens (including phenoxy) is 2.